The van der Waals surface area contributed by atoms with E-state index in [0.717, 1.165) is 16.6 Å². The number of aromatic nitrogens is 3. The molecule has 25 heavy (non-hydrogen) atoms. The summed E-state index contributed by atoms with van der Waals surface area (Å²) in [5, 5.41) is 0. The van der Waals surface area contributed by atoms with Gasteiger partial charge in [0.2, 0.25) is 11.8 Å². The summed E-state index contributed by atoms with van der Waals surface area (Å²) >= 11 is 1.53. The van der Waals surface area contributed by atoms with Gasteiger partial charge in [-0.15, -0.1) is 11.3 Å². The maximum atomic E-state index is 12.7. The van der Waals surface area contributed by atoms with Crippen LogP contribution >= 0.6 is 11.3 Å². The minimum absolute atomic E-state index is 0.0122. The molecule has 8 heteroatoms. The predicted molar refractivity (Wildman–Crippen MR) is 93.1 cm³/mol. The minimum atomic E-state index is -0.0995. The van der Waals surface area contributed by atoms with Crippen LogP contribution in [0.4, 0.5) is 0 Å². The average Bonchev–Trinajstić information content (AvgIpc) is 3.29. The second-order valence-corrected chi connectivity index (χ2v) is 6.60. The summed E-state index contributed by atoms with van der Waals surface area (Å²) in [4.78, 5) is 27.0. The second kappa shape index (κ2) is 6.64. The molecule has 128 valence electrons. The number of hydrogen-bond acceptors (Lipinski definition) is 7. The molecule has 2 aromatic heterocycles. The number of fused-ring (bicyclic) bond motifs is 1. The number of methoxy groups -OCH3 is 1. The maximum absolute atomic E-state index is 12.7. The smallest absolute Gasteiger partial charge is 0.254 e. The third-order valence-electron chi connectivity index (χ3n) is 4.10. The largest absolute Gasteiger partial charge is 0.480 e. The molecule has 0 bridgehead atoms. The highest BCUT2D eigenvalue weighted by atomic mass is 32.1. The molecular formula is C17H16N4O3S. The summed E-state index contributed by atoms with van der Waals surface area (Å²) in [7, 11) is 1.53. The Kier molecular flexibility index (Phi) is 4.19. The van der Waals surface area contributed by atoms with Crippen molar-refractivity contribution in [2.75, 3.05) is 20.2 Å². The fraction of sp³-hybridized carbons (Fsp3) is 0.294. The number of rotatable bonds is 4. The van der Waals surface area contributed by atoms with Gasteiger partial charge in [-0.2, -0.15) is 4.98 Å². The van der Waals surface area contributed by atoms with Crippen LogP contribution in [0.15, 0.2) is 36.1 Å². The molecule has 1 aliphatic heterocycles. The van der Waals surface area contributed by atoms with Crippen molar-refractivity contribution in [2.45, 2.75) is 12.5 Å². The van der Waals surface area contributed by atoms with E-state index in [1.165, 1.54) is 24.6 Å². The van der Waals surface area contributed by atoms with E-state index in [4.69, 9.17) is 9.47 Å². The highest BCUT2D eigenvalue weighted by Gasteiger charge is 2.28. The summed E-state index contributed by atoms with van der Waals surface area (Å²) in [6.07, 6.45) is 3.72. The molecule has 1 aromatic carbocycles. The first-order valence-corrected chi connectivity index (χ1v) is 8.76. The molecule has 7 nitrogen and oxygen atoms in total. The van der Waals surface area contributed by atoms with E-state index in [1.54, 1.807) is 16.6 Å². The number of benzene rings is 1. The molecular weight excluding hydrogens is 340 g/mol. The van der Waals surface area contributed by atoms with Gasteiger partial charge in [0, 0.05) is 18.5 Å². The van der Waals surface area contributed by atoms with Crippen LogP contribution in [0.5, 0.6) is 11.8 Å². The Hall–Kier alpha value is -2.74. The number of hydrogen-bond donors (Lipinski definition) is 0. The Bertz CT molecular complexity index is 914. The number of amides is 1. The SMILES string of the molecule is COc1cncc(OC2CCN(C(=O)c3ccc4ncsc4c3)C2)n1. The molecule has 0 saturated carbocycles. The molecule has 3 aromatic rings. The van der Waals surface area contributed by atoms with Crippen molar-refractivity contribution in [3.63, 3.8) is 0 Å². The van der Waals surface area contributed by atoms with Gasteiger partial charge in [-0.05, 0) is 18.2 Å². The lowest BCUT2D eigenvalue weighted by molar-refractivity contribution is 0.0771. The van der Waals surface area contributed by atoms with Crippen LogP contribution in [-0.4, -0.2) is 52.1 Å². The zero-order valence-electron chi connectivity index (χ0n) is 13.6. The van der Waals surface area contributed by atoms with Crippen LogP contribution in [0.3, 0.4) is 0 Å². The lowest BCUT2D eigenvalue weighted by Crippen LogP contribution is -2.31. The summed E-state index contributed by atoms with van der Waals surface area (Å²) < 4.78 is 11.9. The number of ether oxygens (including phenoxy) is 2. The summed E-state index contributed by atoms with van der Waals surface area (Å²) in [6.45, 7) is 1.18. The van der Waals surface area contributed by atoms with E-state index in [1.807, 2.05) is 18.2 Å². The maximum Gasteiger partial charge on any atom is 0.254 e. The van der Waals surface area contributed by atoms with Crippen molar-refractivity contribution < 1.29 is 14.3 Å². The highest BCUT2D eigenvalue weighted by molar-refractivity contribution is 7.16. The lowest BCUT2D eigenvalue weighted by atomic mass is 10.2. The van der Waals surface area contributed by atoms with Gasteiger partial charge < -0.3 is 14.4 Å². The van der Waals surface area contributed by atoms with Gasteiger partial charge in [0.15, 0.2) is 0 Å². The van der Waals surface area contributed by atoms with Crippen molar-refractivity contribution >= 4 is 27.5 Å². The third kappa shape index (κ3) is 3.25. The Morgan fingerprint density at radius 1 is 1.32 bits per heavy atom. The van der Waals surface area contributed by atoms with Gasteiger partial charge in [-0.25, -0.2) is 4.98 Å². The van der Waals surface area contributed by atoms with Crippen LogP contribution < -0.4 is 9.47 Å². The highest BCUT2D eigenvalue weighted by Crippen LogP contribution is 2.23. The van der Waals surface area contributed by atoms with Crippen LogP contribution in [0.1, 0.15) is 16.8 Å². The molecule has 1 unspecified atom stereocenters. The fourth-order valence-electron chi connectivity index (χ4n) is 2.84. The van der Waals surface area contributed by atoms with E-state index >= 15 is 0 Å². The van der Waals surface area contributed by atoms with Crippen LogP contribution in [0.2, 0.25) is 0 Å². The van der Waals surface area contributed by atoms with Gasteiger partial charge in [-0.1, -0.05) is 0 Å². The molecule has 0 spiro atoms. The van der Waals surface area contributed by atoms with Crippen molar-refractivity contribution in [3.05, 3.63) is 41.7 Å². The summed E-state index contributed by atoms with van der Waals surface area (Å²) in [6, 6.07) is 5.61. The molecule has 0 radical (unpaired) electrons. The van der Waals surface area contributed by atoms with Gasteiger partial charge in [0.05, 0.1) is 41.8 Å². The van der Waals surface area contributed by atoms with Crippen molar-refractivity contribution in [2.24, 2.45) is 0 Å². The molecule has 0 N–H and O–H groups in total. The number of nitrogens with zero attached hydrogens (tertiary/aromatic N) is 4. The second-order valence-electron chi connectivity index (χ2n) is 5.71. The van der Waals surface area contributed by atoms with Crippen LogP contribution in [0.25, 0.3) is 10.2 Å². The first kappa shape index (κ1) is 15.8. The summed E-state index contributed by atoms with van der Waals surface area (Å²) in [5.41, 5.74) is 3.38. The van der Waals surface area contributed by atoms with Gasteiger partial charge in [0.1, 0.15) is 6.10 Å². The number of carbonyl (C=O) groups is 1. The average molecular weight is 356 g/mol. The Morgan fingerprint density at radius 2 is 2.20 bits per heavy atom. The standard InChI is InChI=1S/C17H16N4O3S/c1-23-15-7-18-8-16(20-15)24-12-4-5-21(9-12)17(22)11-2-3-13-14(6-11)25-10-19-13/h2-3,6-8,10,12H,4-5,9H2,1H3. The molecule has 1 fully saturated rings. The number of thiazole rings is 1. The molecule has 1 atom stereocenters. The molecule has 4 rings (SSSR count). The zero-order chi connectivity index (χ0) is 17.2. The molecule has 1 saturated heterocycles. The van der Waals surface area contributed by atoms with E-state index in [9.17, 15) is 4.79 Å². The topological polar surface area (TPSA) is 77.4 Å². The minimum Gasteiger partial charge on any atom is -0.480 e. The monoisotopic (exact) mass is 356 g/mol. The van der Waals surface area contributed by atoms with Gasteiger partial charge in [0.25, 0.3) is 5.91 Å². The van der Waals surface area contributed by atoms with Gasteiger partial charge >= 0.3 is 0 Å². The Balaban J connectivity index is 1.43. The van der Waals surface area contributed by atoms with Crippen LogP contribution in [0, 0.1) is 0 Å². The van der Waals surface area contributed by atoms with Crippen molar-refractivity contribution in [3.8, 4) is 11.8 Å². The lowest BCUT2D eigenvalue weighted by Gasteiger charge is -2.17. The van der Waals surface area contributed by atoms with E-state index in [2.05, 4.69) is 15.0 Å². The van der Waals surface area contributed by atoms with Crippen LogP contribution in [-0.2, 0) is 0 Å². The predicted octanol–water partition coefficient (Wildman–Crippen LogP) is 2.39. The van der Waals surface area contributed by atoms with Crippen molar-refractivity contribution in [1.82, 2.24) is 19.9 Å². The molecule has 3 heterocycles. The normalized spacial score (nSPS) is 17.0. The van der Waals surface area contributed by atoms with E-state index in [-0.39, 0.29) is 12.0 Å². The van der Waals surface area contributed by atoms with E-state index in [0.29, 0.717) is 30.4 Å². The third-order valence-corrected chi connectivity index (χ3v) is 4.89. The zero-order valence-corrected chi connectivity index (χ0v) is 14.4. The molecule has 1 aliphatic rings. The Labute approximate surface area is 148 Å². The molecule has 0 aliphatic carbocycles. The number of carbonyl (C=O) groups excluding carboxylic acids is 1. The molecule has 1 amide bonds. The number of likely N-dealkylation sites (tertiary alicyclic amines) is 1. The quantitative estimate of drug-likeness (QED) is 0.714. The Morgan fingerprint density at radius 3 is 3.08 bits per heavy atom. The van der Waals surface area contributed by atoms with E-state index < -0.39 is 0 Å². The first-order chi connectivity index (χ1) is 12.2. The van der Waals surface area contributed by atoms with Gasteiger partial charge in [-0.3, -0.25) is 9.78 Å². The first-order valence-electron chi connectivity index (χ1n) is 7.88. The summed E-state index contributed by atoms with van der Waals surface area (Å²) in [5.74, 6) is 0.823. The van der Waals surface area contributed by atoms with Crippen molar-refractivity contribution in [1.29, 1.82) is 0 Å². The fourth-order valence-corrected chi connectivity index (χ4v) is 3.55.